The van der Waals surface area contributed by atoms with E-state index in [1.807, 2.05) is 42.5 Å². The standard InChI is InChI=1S/C32H24F5N5O4S/c33-25-24(26(34)28(36)29(37)27(25)35)30(44)38-20-6-4-5-19(13-20)31-45-22(14-23(46-31)18-11-9-17(15-43)10-12-18)16-47-32-39-40-41-42(32)21-7-2-1-3-8-21/h1-13,22-23,31,43H,14-16H2,(H,38,44). The Hall–Kier alpha value is -4.70. The fourth-order valence-electron chi connectivity index (χ4n) is 4.95. The Morgan fingerprint density at radius 3 is 2.28 bits per heavy atom. The molecule has 1 aromatic heterocycles. The maximum absolute atomic E-state index is 14.3. The van der Waals surface area contributed by atoms with Crippen molar-refractivity contribution in [3.8, 4) is 5.69 Å². The third kappa shape index (κ3) is 6.88. The molecule has 4 aromatic carbocycles. The Kier molecular flexibility index (Phi) is 9.58. The predicted octanol–water partition coefficient (Wildman–Crippen LogP) is 6.44. The molecular formula is C32H24F5N5O4S. The number of benzene rings is 4. The van der Waals surface area contributed by atoms with E-state index in [4.69, 9.17) is 9.47 Å². The zero-order valence-electron chi connectivity index (χ0n) is 24.1. The van der Waals surface area contributed by atoms with Crippen LogP contribution in [0, 0.1) is 29.1 Å². The first-order valence-corrected chi connectivity index (χ1v) is 15.1. The molecule has 242 valence electrons. The number of carbonyl (C=O) groups excluding carboxylic acids is 1. The summed E-state index contributed by atoms with van der Waals surface area (Å²) in [5, 5.41) is 24.2. The Morgan fingerprint density at radius 2 is 1.57 bits per heavy atom. The van der Waals surface area contributed by atoms with Gasteiger partial charge in [0.05, 0.1) is 24.5 Å². The van der Waals surface area contributed by atoms with Crippen LogP contribution in [0.1, 0.15) is 45.9 Å². The van der Waals surface area contributed by atoms with E-state index in [-0.39, 0.29) is 12.3 Å². The Bertz CT molecular complexity index is 1870. The third-order valence-electron chi connectivity index (χ3n) is 7.31. The second-order valence-electron chi connectivity index (χ2n) is 10.4. The fourth-order valence-corrected chi connectivity index (χ4v) is 5.86. The summed E-state index contributed by atoms with van der Waals surface area (Å²) in [6, 6.07) is 22.5. The smallest absolute Gasteiger partial charge is 0.261 e. The highest BCUT2D eigenvalue weighted by Gasteiger charge is 2.34. The van der Waals surface area contributed by atoms with E-state index < -0.39 is 59.1 Å². The number of aliphatic hydroxyl groups excluding tert-OH is 1. The second kappa shape index (κ2) is 14.0. The number of hydrogen-bond acceptors (Lipinski definition) is 8. The Morgan fingerprint density at radius 1 is 0.872 bits per heavy atom. The average molecular weight is 670 g/mol. The quantitative estimate of drug-likeness (QED) is 0.0799. The summed E-state index contributed by atoms with van der Waals surface area (Å²) in [5.74, 6) is -12.4. The van der Waals surface area contributed by atoms with Gasteiger partial charge in [-0.05, 0) is 45.8 Å². The van der Waals surface area contributed by atoms with Crippen LogP contribution >= 0.6 is 11.8 Å². The number of aromatic nitrogens is 4. The van der Waals surface area contributed by atoms with Crippen LogP contribution in [0.25, 0.3) is 5.69 Å². The van der Waals surface area contributed by atoms with Crippen molar-refractivity contribution < 1.29 is 41.3 Å². The second-order valence-corrected chi connectivity index (χ2v) is 11.4. The summed E-state index contributed by atoms with van der Waals surface area (Å²) in [6.45, 7) is -0.129. The molecule has 0 saturated carbocycles. The monoisotopic (exact) mass is 669 g/mol. The highest BCUT2D eigenvalue weighted by atomic mass is 32.2. The minimum Gasteiger partial charge on any atom is -0.392 e. The van der Waals surface area contributed by atoms with Gasteiger partial charge < -0.3 is 19.9 Å². The van der Waals surface area contributed by atoms with Gasteiger partial charge in [0.25, 0.3) is 5.91 Å². The van der Waals surface area contributed by atoms with Crippen molar-refractivity contribution in [3.63, 3.8) is 0 Å². The molecule has 1 amide bonds. The summed E-state index contributed by atoms with van der Waals surface area (Å²) in [6.07, 6.45) is -1.43. The van der Waals surface area contributed by atoms with E-state index in [1.54, 1.807) is 22.9 Å². The lowest BCUT2D eigenvalue weighted by Gasteiger charge is -2.36. The van der Waals surface area contributed by atoms with Crippen LogP contribution in [0.15, 0.2) is 84.0 Å². The molecule has 0 radical (unpaired) electrons. The number of rotatable bonds is 9. The zero-order chi connectivity index (χ0) is 33.1. The highest BCUT2D eigenvalue weighted by molar-refractivity contribution is 7.99. The lowest BCUT2D eigenvalue weighted by atomic mass is 10.0. The minimum absolute atomic E-state index is 0.00831. The number of nitrogens with one attached hydrogen (secondary N) is 1. The summed E-state index contributed by atoms with van der Waals surface area (Å²) in [5.41, 5.74) is 1.09. The van der Waals surface area contributed by atoms with Gasteiger partial charge in [-0.2, -0.15) is 4.68 Å². The lowest BCUT2D eigenvalue weighted by Crippen LogP contribution is -2.31. The molecule has 1 fully saturated rings. The number of tetrazole rings is 1. The number of amides is 1. The summed E-state index contributed by atoms with van der Waals surface area (Å²) in [4.78, 5) is 12.7. The number of carbonyl (C=O) groups is 1. The van der Waals surface area contributed by atoms with Gasteiger partial charge in [-0.1, -0.05) is 66.4 Å². The van der Waals surface area contributed by atoms with Gasteiger partial charge >= 0.3 is 0 Å². The summed E-state index contributed by atoms with van der Waals surface area (Å²) >= 11 is 1.37. The molecule has 5 aromatic rings. The maximum atomic E-state index is 14.3. The van der Waals surface area contributed by atoms with Crippen LogP contribution in [-0.2, 0) is 16.1 Å². The number of nitrogens with zero attached hydrogens (tertiary/aromatic N) is 4. The molecule has 2 heterocycles. The average Bonchev–Trinajstić information content (AvgIpc) is 3.58. The van der Waals surface area contributed by atoms with E-state index in [0.29, 0.717) is 22.9 Å². The van der Waals surface area contributed by atoms with Gasteiger partial charge in [0.15, 0.2) is 29.6 Å². The van der Waals surface area contributed by atoms with Crippen LogP contribution in [0.5, 0.6) is 0 Å². The Labute approximate surface area is 268 Å². The molecule has 1 saturated heterocycles. The predicted molar refractivity (Wildman–Crippen MR) is 159 cm³/mol. The van der Waals surface area contributed by atoms with Crippen LogP contribution in [-0.4, -0.2) is 43.1 Å². The molecule has 0 spiro atoms. The molecule has 15 heteroatoms. The van der Waals surface area contributed by atoms with Gasteiger partial charge in [0.2, 0.25) is 11.0 Å². The molecule has 0 bridgehead atoms. The number of halogens is 5. The van der Waals surface area contributed by atoms with E-state index in [9.17, 15) is 31.9 Å². The van der Waals surface area contributed by atoms with Crippen molar-refractivity contribution in [1.29, 1.82) is 0 Å². The SMILES string of the molecule is O=C(Nc1cccc(C2OC(CSc3nnnn3-c3ccccc3)CC(c3ccc(CO)cc3)O2)c1)c1c(F)c(F)c(F)c(F)c1F. The number of ether oxygens (including phenoxy) is 2. The van der Waals surface area contributed by atoms with E-state index >= 15 is 0 Å². The first kappa shape index (κ1) is 32.2. The molecule has 47 heavy (non-hydrogen) atoms. The molecule has 1 aliphatic heterocycles. The van der Waals surface area contributed by atoms with Gasteiger partial charge in [-0.3, -0.25) is 4.79 Å². The first-order chi connectivity index (χ1) is 22.7. The van der Waals surface area contributed by atoms with Gasteiger partial charge in [0, 0.05) is 23.4 Å². The number of para-hydroxylation sites is 1. The molecule has 6 rings (SSSR count). The molecular weight excluding hydrogens is 645 g/mol. The molecule has 1 aliphatic rings. The van der Waals surface area contributed by atoms with Crippen molar-refractivity contribution in [2.45, 2.75) is 36.7 Å². The number of hydrogen-bond donors (Lipinski definition) is 2. The van der Waals surface area contributed by atoms with Gasteiger partial charge in [-0.25, -0.2) is 22.0 Å². The van der Waals surface area contributed by atoms with Crippen molar-refractivity contribution in [2.24, 2.45) is 0 Å². The number of aliphatic hydroxyl groups is 1. The van der Waals surface area contributed by atoms with Crippen molar-refractivity contribution in [2.75, 3.05) is 11.1 Å². The molecule has 9 nitrogen and oxygen atoms in total. The molecule has 3 unspecified atom stereocenters. The first-order valence-electron chi connectivity index (χ1n) is 14.1. The van der Waals surface area contributed by atoms with Crippen LogP contribution in [0.2, 0.25) is 0 Å². The van der Waals surface area contributed by atoms with Gasteiger partial charge in [-0.15, -0.1) is 5.10 Å². The normalized spacial score (nSPS) is 17.9. The zero-order valence-corrected chi connectivity index (χ0v) is 24.9. The topological polar surface area (TPSA) is 111 Å². The van der Waals surface area contributed by atoms with Gasteiger partial charge in [0.1, 0.15) is 5.56 Å². The third-order valence-corrected chi connectivity index (χ3v) is 8.36. The largest absolute Gasteiger partial charge is 0.392 e. The fraction of sp³-hybridized carbons (Fsp3) is 0.188. The van der Waals surface area contributed by atoms with E-state index in [2.05, 4.69) is 20.8 Å². The van der Waals surface area contributed by atoms with Crippen molar-refractivity contribution in [1.82, 2.24) is 20.2 Å². The van der Waals surface area contributed by atoms with Crippen LogP contribution in [0.4, 0.5) is 27.6 Å². The Balaban J connectivity index is 1.24. The molecule has 2 N–H and O–H groups in total. The minimum atomic E-state index is -2.37. The van der Waals surface area contributed by atoms with E-state index in [1.165, 1.54) is 30.0 Å². The summed E-state index contributed by atoms with van der Waals surface area (Å²) in [7, 11) is 0. The van der Waals surface area contributed by atoms with E-state index in [0.717, 1.165) is 16.8 Å². The summed E-state index contributed by atoms with van der Waals surface area (Å²) < 4.78 is 83.7. The molecule has 0 aliphatic carbocycles. The van der Waals surface area contributed by atoms with Crippen molar-refractivity contribution >= 4 is 23.4 Å². The van der Waals surface area contributed by atoms with Crippen LogP contribution in [0.3, 0.4) is 0 Å². The highest BCUT2D eigenvalue weighted by Crippen LogP contribution is 2.40. The lowest BCUT2D eigenvalue weighted by molar-refractivity contribution is -0.245. The molecule has 3 atom stereocenters. The number of anilines is 1. The maximum Gasteiger partial charge on any atom is 0.261 e. The van der Waals surface area contributed by atoms with Crippen molar-refractivity contribution in [3.05, 3.63) is 130 Å². The number of thioether (sulfide) groups is 1. The van der Waals surface area contributed by atoms with Crippen LogP contribution < -0.4 is 5.32 Å².